The number of ether oxygens (including phenoxy) is 1. The number of hydrogen-bond donors (Lipinski definition) is 1. The van der Waals surface area contributed by atoms with E-state index in [0.717, 1.165) is 13.0 Å². The van der Waals surface area contributed by atoms with Crippen LogP contribution in [0.25, 0.3) is 0 Å². The van der Waals surface area contributed by atoms with Gasteiger partial charge in [0.2, 0.25) is 0 Å². The van der Waals surface area contributed by atoms with E-state index in [1.807, 2.05) is 0 Å². The summed E-state index contributed by atoms with van der Waals surface area (Å²) in [6.07, 6.45) is 14.9. The van der Waals surface area contributed by atoms with Crippen molar-refractivity contribution < 1.29 is 9.53 Å². The van der Waals surface area contributed by atoms with Crippen molar-refractivity contribution in [2.75, 3.05) is 6.54 Å². The fourth-order valence-electron chi connectivity index (χ4n) is 3.43. The standard InChI is InChI=1S/C19H37NO2/c1-4-5-6-7-8-9-13-16-20-18(21)22-19(2,3)17-14-11-10-12-15-17/h17H,4-16H2,1-3H3,(H,20,21). The molecule has 130 valence electrons. The second kappa shape index (κ2) is 10.9. The number of carbonyl (C=O) groups is 1. The molecule has 3 heteroatoms. The number of nitrogens with one attached hydrogen (secondary N) is 1. The van der Waals surface area contributed by atoms with E-state index in [4.69, 9.17) is 4.74 Å². The van der Waals surface area contributed by atoms with Crippen molar-refractivity contribution in [3.8, 4) is 0 Å². The summed E-state index contributed by atoms with van der Waals surface area (Å²) in [4.78, 5) is 11.9. The highest BCUT2D eigenvalue weighted by Crippen LogP contribution is 2.34. The Labute approximate surface area is 137 Å². The lowest BCUT2D eigenvalue weighted by atomic mass is 9.79. The predicted molar refractivity (Wildman–Crippen MR) is 93.1 cm³/mol. The largest absolute Gasteiger partial charge is 0.443 e. The summed E-state index contributed by atoms with van der Waals surface area (Å²) >= 11 is 0. The third kappa shape index (κ3) is 8.05. The van der Waals surface area contributed by atoms with Gasteiger partial charge in [-0.2, -0.15) is 0 Å². The molecule has 0 radical (unpaired) electrons. The highest BCUT2D eigenvalue weighted by molar-refractivity contribution is 5.67. The Bertz CT molecular complexity index is 296. The molecule has 0 heterocycles. The average molecular weight is 312 g/mol. The number of rotatable bonds is 10. The lowest BCUT2D eigenvalue weighted by Gasteiger charge is -2.36. The quantitative estimate of drug-likeness (QED) is 0.516. The lowest BCUT2D eigenvalue weighted by Crippen LogP contribution is -2.41. The molecule has 1 N–H and O–H groups in total. The maximum absolute atomic E-state index is 11.9. The van der Waals surface area contributed by atoms with Crippen molar-refractivity contribution in [1.29, 1.82) is 0 Å². The van der Waals surface area contributed by atoms with Crippen LogP contribution < -0.4 is 5.32 Å². The van der Waals surface area contributed by atoms with Gasteiger partial charge in [0.15, 0.2) is 0 Å². The molecule has 1 aliphatic rings. The van der Waals surface area contributed by atoms with E-state index in [2.05, 4.69) is 26.1 Å². The molecule has 22 heavy (non-hydrogen) atoms. The van der Waals surface area contributed by atoms with Gasteiger partial charge in [-0.25, -0.2) is 4.79 Å². The molecule has 3 nitrogen and oxygen atoms in total. The third-order valence-corrected chi connectivity index (χ3v) is 4.99. The minimum Gasteiger partial charge on any atom is -0.443 e. The zero-order valence-electron chi connectivity index (χ0n) is 15.1. The summed E-state index contributed by atoms with van der Waals surface area (Å²) in [7, 11) is 0. The fraction of sp³-hybridized carbons (Fsp3) is 0.947. The maximum Gasteiger partial charge on any atom is 0.407 e. The van der Waals surface area contributed by atoms with Crippen molar-refractivity contribution in [3.05, 3.63) is 0 Å². The van der Waals surface area contributed by atoms with Crippen LogP contribution in [0.3, 0.4) is 0 Å². The van der Waals surface area contributed by atoms with E-state index in [-0.39, 0.29) is 11.7 Å². The Morgan fingerprint density at radius 3 is 2.23 bits per heavy atom. The summed E-state index contributed by atoms with van der Waals surface area (Å²) in [5.41, 5.74) is -0.329. The fourth-order valence-corrected chi connectivity index (χ4v) is 3.43. The number of carbonyl (C=O) groups excluding carboxylic acids is 1. The van der Waals surface area contributed by atoms with E-state index in [1.54, 1.807) is 0 Å². The first kappa shape index (κ1) is 19.3. The summed E-state index contributed by atoms with van der Waals surface area (Å²) in [5, 5.41) is 2.92. The molecular formula is C19H37NO2. The van der Waals surface area contributed by atoms with Crippen molar-refractivity contribution >= 4 is 6.09 Å². The molecule has 0 aromatic carbocycles. The monoisotopic (exact) mass is 311 g/mol. The van der Waals surface area contributed by atoms with Gasteiger partial charge in [-0.15, -0.1) is 0 Å². The molecule has 0 aromatic heterocycles. The van der Waals surface area contributed by atoms with Crippen LogP contribution in [0, 0.1) is 5.92 Å². The molecule has 1 amide bonds. The number of amides is 1. The molecule has 0 aromatic rings. The Morgan fingerprint density at radius 1 is 1.00 bits per heavy atom. The van der Waals surface area contributed by atoms with E-state index in [1.165, 1.54) is 70.6 Å². The van der Waals surface area contributed by atoms with Crippen LogP contribution in [0.1, 0.15) is 97.8 Å². The van der Waals surface area contributed by atoms with E-state index in [9.17, 15) is 4.79 Å². The second-order valence-electron chi connectivity index (χ2n) is 7.38. The van der Waals surface area contributed by atoms with E-state index < -0.39 is 0 Å². The maximum atomic E-state index is 11.9. The van der Waals surface area contributed by atoms with E-state index in [0.29, 0.717) is 5.92 Å². The van der Waals surface area contributed by atoms with Gasteiger partial charge in [0.25, 0.3) is 0 Å². The highest BCUT2D eigenvalue weighted by Gasteiger charge is 2.33. The summed E-state index contributed by atoms with van der Waals surface area (Å²) in [6.45, 7) is 7.12. The molecule has 0 spiro atoms. The first-order valence-electron chi connectivity index (χ1n) is 9.53. The van der Waals surface area contributed by atoms with Crippen LogP contribution in [0.5, 0.6) is 0 Å². The molecule has 1 aliphatic carbocycles. The number of hydrogen-bond acceptors (Lipinski definition) is 2. The Kier molecular flexibility index (Phi) is 9.58. The van der Waals surface area contributed by atoms with Gasteiger partial charge < -0.3 is 10.1 Å². The molecule has 0 bridgehead atoms. The van der Waals surface area contributed by atoms with Crippen LogP contribution >= 0.6 is 0 Å². The molecule has 1 rings (SSSR count). The smallest absolute Gasteiger partial charge is 0.407 e. The third-order valence-electron chi connectivity index (χ3n) is 4.99. The van der Waals surface area contributed by atoms with Crippen molar-refractivity contribution in [3.63, 3.8) is 0 Å². The summed E-state index contributed by atoms with van der Waals surface area (Å²) in [6, 6.07) is 0. The van der Waals surface area contributed by atoms with Crippen molar-refractivity contribution in [2.24, 2.45) is 5.92 Å². The topological polar surface area (TPSA) is 38.3 Å². The van der Waals surface area contributed by atoms with Crippen LogP contribution in [0.4, 0.5) is 4.79 Å². The highest BCUT2D eigenvalue weighted by atomic mass is 16.6. The molecule has 1 fully saturated rings. The van der Waals surface area contributed by atoms with Crippen LogP contribution in [-0.2, 0) is 4.74 Å². The molecule has 0 atom stereocenters. The van der Waals surface area contributed by atoms with Gasteiger partial charge >= 0.3 is 6.09 Å². The molecule has 0 aliphatic heterocycles. The number of unbranched alkanes of at least 4 members (excludes halogenated alkanes) is 6. The number of alkyl carbamates (subject to hydrolysis) is 1. The minimum atomic E-state index is -0.329. The Hall–Kier alpha value is -0.730. The Balaban J connectivity index is 2.07. The first-order chi connectivity index (χ1) is 10.6. The molecule has 0 saturated heterocycles. The summed E-state index contributed by atoms with van der Waals surface area (Å²) in [5.74, 6) is 0.519. The molecule has 0 unspecified atom stereocenters. The minimum absolute atomic E-state index is 0.235. The normalized spacial score (nSPS) is 16.5. The van der Waals surface area contributed by atoms with Gasteiger partial charge in [0, 0.05) is 6.54 Å². The zero-order valence-corrected chi connectivity index (χ0v) is 15.1. The van der Waals surface area contributed by atoms with Gasteiger partial charge in [0.1, 0.15) is 5.60 Å². The molecular weight excluding hydrogens is 274 g/mol. The van der Waals surface area contributed by atoms with Gasteiger partial charge in [0.05, 0.1) is 0 Å². The Morgan fingerprint density at radius 2 is 1.59 bits per heavy atom. The predicted octanol–water partition coefficient (Wildman–Crippen LogP) is 5.82. The van der Waals surface area contributed by atoms with Gasteiger partial charge in [-0.05, 0) is 39.0 Å². The van der Waals surface area contributed by atoms with Crippen LogP contribution in [-0.4, -0.2) is 18.2 Å². The van der Waals surface area contributed by atoms with Crippen molar-refractivity contribution in [1.82, 2.24) is 5.32 Å². The molecule has 1 saturated carbocycles. The lowest BCUT2D eigenvalue weighted by molar-refractivity contribution is -0.0184. The van der Waals surface area contributed by atoms with Crippen LogP contribution in [0.2, 0.25) is 0 Å². The van der Waals surface area contributed by atoms with Crippen molar-refractivity contribution in [2.45, 2.75) is 103 Å². The first-order valence-corrected chi connectivity index (χ1v) is 9.53. The van der Waals surface area contributed by atoms with Gasteiger partial charge in [-0.1, -0.05) is 64.7 Å². The average Bonchev–Trinajstić information content (AvgIpc) is 2.50. The zero-order chi connectivity index (χ0) is 16.3. The van der Waals surface area contributed by atoms with Crippen LogP contribution in [0.15, 0.2) is 0 Å². The van der Waals surface area contributed by atoms with Gasteiger partial charge in [-0.3, -0.25) is 0 Å². The summed E-state index contributed by atoms with van der Waals surface area (Å²) < 4.78 is 5.69. The van der Waals surface area contributed by atoms with E-state index >= 15 is 0 Å². The second-order valence-corrected chi connectivity index (χ2v) is 7.38. The SMILES string of the molecule is CCCCCCCCCNC(=O)OC(C)(C)C1CCCCC1.